The molecule has 0 unspecified atom stereocenters. The minimum Gasteiger partial charge on any atom is -0.295 e. The van der Waals surface area contributed by atoms with E-state index in [0.29, 0.717) is 12.2 Å². The lowest BCUT2D eigenvalue weighted by Crippen LogP contribution is -2.07. The monoisotopic (exact) mass is 212 g/mol. The second kappa shape index (κ2) is 4.93. The maximum Gasteiger partial charge on any atom is 0.158 e. The van der Waals surface area contributed by atoms with Crippen molar-refractivity contribution in [1.29, 1.82) is 0 Å². The molecule has 0 fully saturated rings. The SMILES string of the molecule is CC1=C(/C=C\c2ccccc2)CCCC1=O. The molecule has 82 valence electrons. The lowest BCUT2D eigenvalue weighted by molar-refractivity contribution is -0.116. The summed E-state index contributed by atoms with van der Waals surface area (Å²) in [6, 6.07) is 10.2. The number of ketones is 1. The maximum atomic E-state index is 11.5. The molecule has 0 heterocycles. The third-order valence-electron chi connectivity index (χ3n) is 3.03. The van der Waals surface area contributed by atoms with Crippen LogP contribution in [0.1, 0.15) is 31.7 Å². The van der Waals surface area contributed by atoms with Crippen molar-refractivity contribution in [1.82, 2.24) is 0 Å². The van der Waals surface area contributed by atoms with Crippen molar-refractivity contribution in [3.05, 3.63) is 53.1 Å². The number of carbonyl (C=O) groups is 1. The molecule has 0 spiro atoms. The molecule has 2 rings (SSSR count). The van der Waals surface area contributed by atoms with Crippen LogP contribution in [0.5, 0.6) is 0 Å². The molecule has 1 aromatic rings. The highest BCUT2D eigenvalue weighted by Crippen LogP contribution is 2.23. The van der Waals surface area contributed by atoms with E-state index < -0.39 is 0 Å². The molecule has 0 saturated carbocycles. The van der Waals surface area contributed by atoms with Crippen molar-refractivity contribution < 1.29 is 4.79 Å². The fourth-order valence-electron chi connectivity index (χ4n) is 1.96. The van der Waals surface area contributed by atoms with Crippen LogP contribution in [0.4, 0.5) is 0 Å². The standard InChI is InChI=1S/C15H16O/c1-12-14(8-5-9-15(12)16)11-10-13-6-3-2-4-7-13/h2-4,6-7,10-11H,5,8-9H2,1H3/b11-10-. The lowest BCUT2D eigenvalue weighted by Gasteiger charge is -2.13. The number of benzene rings is 1. The van der Waals surface area contributed by atoms with E-state index in [1.165, 1.54) is 11.1 Å². The Bertz CT molecular complexity index is 438. The molecule has 0 aromatic heterocycles. The number of carbonyl (C=O) groups excluding carboxylic acids is 1. The Balaban J connectivity index is 2.18. The molecule has 0 aliphatic heterocycles. The number of hydrogen-bond acceptors (Lipinski definition) is 1. The Morgan fingerprint density at radius 3 is 2.56 bits per heavy atom. The van der Waals surface area contributed by atoms with Gasteiger partial charge < -0.3 is 0 Å². The molecule has 0 radical (unpaired) electrons. The molecule has 16 heavy (non-hydrogen) atoms. The predicted octanol–water partition coefficient (Wildman–Crippen LogP) is 3.77. The van der Waals surface area contributed by atoms with Gasteiger partial charge in [-0.3, -0.25) is 4.79 Å². The summed E-state index contributed by atoms with van der Waals surface area (Å²) in [6.45, 7) is 1.94. The minimum atomic E-state index is 0.305. The van der Waals surface area contributed by atoms with E-state index in [0.717, 1.165) is 18.4 Å². The summed E-state index contributed by atoms with van der Waals surface area (Å²) in [5.41, 5.74) is 3.32. The predicted molar refractivity (Wildman–Crippen MR) is 67.0 cm³/mol. The van der Waals surface area contributed by atoms with Crippen LogP contribution in [0.15, 0.2) is 47.6 Å². The van der Waals surface area contributed by atoms with Crippen LogP contribution in [0.25, 0.3) is 6.08 Å². The van der Waals surface area contributed by atoms with Crippen molar-refractivity contribution in [2.24, 2.45) is 0 Å². The number of rotatable bonds is 2. The lowest BCUT2D eigenvalue weighted by atomic mass is 9.91. The highest BCUT2D eigenvalue weighted by molar-refractivity contribution is 5.97. The zero-order valence-corrected chi connectivity index (χ0v) is 9.57. The highest BCUT2D eigenvalue weighted by atomic mass is 16.1. The van der Waals surface area contributed by atoms with Crippen LogP contribution < -0.4 is 0 Å². The second-order valence-electron chi connectivity index (χ2n) is 4.17. The largest absolute Gasteiger partial charge is 0.295 e. The summed E-state index contributed by atoms with van der Waals surface area (Å²) in [6.07, 6.45) is 6.90. The Morgan fingerprint density at radius 2 is 1.81 bits per heavy atom. The number of hydrogen-bond donors (Lipinski definition) is 0. The third kappa shape index (κ3) is 2.48. The molecule has 0 saturated heterocycles. The van der Waals surface area contributed by atoms with Gasteiger partial charge in [0.2, 0.25) is 0 Å². The van der Waals surface area contributed by atoms with Gasteiger partial charge in [-0.25, -0.2) is 0 Å². The van der Waals surface area contributed by atoms with E-state index >= 15 is 0 Å². The van der Waals surface area contributed by atoms with E-state index in [-0.39, 0.29) is 0 Å². The normalized spacial score (nSPS) is 17.2. The van der Waals surface area contributed by atoms with Gasteiger partial charge in [-0.1, -0.05) is 42.5 Å². The Hall–Kier alpha value is -1.63. The van der Waals surface area contributed by atoms with Crippen LogP contribution >= 0.6 is 0 Å². The van der Waals surface area contributed by atoms with E-state index in [2.05, 4.69) is 24.3 Å². The average molecular weight is 212 g/mol. The average Bonchev–Trinajstić information content (AvgIpc) is 2.32. The summed E-state index contributed by atoms with van der Waals surface area (Å²) in [4.78, 5) is 11.5. The van der Waals surface area contributed by atoms with E-state index in [9.17, 15) is 4.79 Å². The first kappa shape index (κ1) is 10.9. The van der Waals surface area contributed by atoms with Gasteiger partial charge in [-0.2, -0.15) is 0 Å². The molecule has 0 atom stereocenters. The zero-order valence-electron chi connectivity index (χ0n) is 9.57. The fraction of sp³-hybridized carbons (Fsp3) is 0.267. The first-order valence-electron chi connectivity index (χ1n) is 5.73. The summed E-state index contributed by atoms with van der Waals surface area (Å²) >= 11 is 0. The van der Waals surface area contributed by atoms with E-state index in [4.69, 9.17) is 0 Å². The van der Waals surface area contributed by atoms with E-state index in [1.807, 2.05) is 25.1 Å². The summed E-state index contributed by atoms with van der Waals surface area (Å²) in [7, 11) is 0. The summed E-state index contributed by atoms with van der Waals surface area (Å²) in [5, 5.41) is 0. The van der Waals surface area contributed by atoms with Gasteiger partial charge in [0.25, 0.3) is 0 Å². The fourth-order valence-corrected chi connectivity index (χ4v) is 1.96. The van der Waals surface area contributed by atoms with Crippen LogP contribution in [-0.4, -0.2) is 5.78 Å². The highest BCUT2D eigenvalue weighted by Gasteiger charge is 2.14. The third-order valence-corrected chi connectivity index (χ3v) is 3.03. The molecule has 1 nitrogen and oxygen atoms in total. The summed E-state index contributed by atoms with van der Waals surface area (Å²) < 4.78 is 0. The molecular formula is C15H16O. The smallest absolute Gasteiger partial charge is 0.158 e. The van der Waals surface area contributed by atoms with Crippen LogP contribution in [-0.2, 0) is 4.79 Å². The molecule has 1 aliphatic rings. The van der Waals surface area contributed by atoms with Gasteiger partial charge in [-0.05, 0) is 36.5 Å². The van der Waals surface area contributed by atoms with Gasteiger partial charge in [0.15, 0.2) is 5.78 Å². The number of Topliss-reactive ketones (excluding diaryl/α,β-unsaturated/α-hetero) is 1. The van der Waals surface area contributed by atoms with Crippen molar-refractivity contribution in [2.75, 3.05) is 0 Å². The van der Waals surface area contributed by atoms with Gasteiger partial charge in [0, 0.05) is 6.42 Å². The van der Waals surface area contributed by atoms with Crippen molar-refractivity contribution >= 4 is 11.9 Å². The minimum absolute atomic E-state index is 0.305. The molecule has 0 bridgehead atoms. The van der Waals surface area contributed by atoms with Crippen LogP contribution in [0.2, 0.25) is 0 Å². The van der Waals surface area contributed by atoms with Crippen molar-refractivity contribution in [3.8, 4) is 0 Å². The van der Waals surface area contributed by atoms with Gasteiger partial charge in [0.1, 0.15) is 0 Å². The van der Waals surface area contributed by atoms with E-state index in [1.54, 1.807) is 0 Å². The zero-order chi connectivity index (χ0) is 11.4. The topological polar surface area (TPSA) is 17.1 Å². The van der Waals surface area contributed by atoms with Gasteiger partial charge >= 0.3 is 0 Å². The quantitative estimate of drug-likeness (QED) is 0.729. The Morgan fingerprint density at radius 1 is 1.06 bits per heavy atom. The first-order chi connectivity index (χ1) is 7.77. The van der Waals surface area contributed by atoms with Crippen molar-refractivity contribution in [3.63, 3.8) is 0 Å². The molecule has 0 N–H and O–H groups in total. The molecule has 1 aliphatic carbocycles. The van der Waals surface area contributed by atoms with Crippen LogP contribution in [0.3, 0.4) is 0 Å². The van der Waals surface area contributed by atoms with Gasteiger partial charge in [-0.15, -0.1) is 0 Å². The maximum absolute atomic E-state index is 11.5. The first-order valence-corrected chi connectivity index (χ1v) is 5.73. The van der Waals surface area contributed by atoms with Crippen LogP contribution in [0, 0.1) is 0 Å². The number of allylic oxidation sites excluding steroid dienone is 3. The van der Waals surface area contributed by atoms with Crippen molar-refractivity contribution in [2.45, 2.75) is 26.2 Å². The summed E-state index contributed by atoms with van der Waals surface area (Å²) in [5.74, 6) is 0.305. The molecule has 1 aromatic carbocycles. The van der Waals surface area contributed by atoms with Gasteiger partial charge in [0.05, 0.1) is 0 Å². The Kier molecular flexibility index (Phi) is 3.35. The molecule has 0 amide bonds. The second-order valence-corrected chi connectivity index (χ2v) is 4.17. The molecule has 1 heteroatoms. The Labute approximate surface area is 96.5 Å². The molecular weight excluding hydrogens is 196 g/mol.